The van der Waals surface area contributed by atoms with Gasteiger partial charge in [-0.2, -0.15) is 12.6 Å². The summed E-state index contributed by atoms with van der Waals surface area (Å²) in [7, 11) is 1.68. The zero-order chi connectivity index (χ0) is 15.3. The third-order valence-electron chi connectivity index (χ3n) is 3.00. The Bertz CT molecular complexity index is 476. The predicted molar refractivity (Wildman–Crippen MR) is 81.9 cm³/mol. The lowest BCUT2D eigenvalue weighted by Crippen LogP contribution is -2.49. The number of amides is 1. The number of thiol groups is 1. The molecule has 0 aliphatic carbocycles. The van der Waals surface area contributed by atoms with Crippen LogP contribution in [0.25, 0.3) is 0 Å². The number of rotatable bonds is 6. The number of carboxylic acid groups (broad SMARTS) is 1. The molecule has 0 saturated heterocycles. The van der Waals surface area contributed by atoms with Gasteiger partial charge in [-0.15, -0.1) is 0 Å². The van der Waals surface area contributed by atoms with Gasteiger partial charge in [-0.1, -0.05) is 24.6 Å². The molecule has 20 heavy (non-hydrogen) atoms. The summed E-state index contributed by atoms with van der Waals surface area (Å²) >= 11 is 4.10. The Labute approximate surface area is 124 Å². The van der Waals surface area contributed by atoms with Crippen molar-refractivity contribution in [2.75, 3.05) is 24.4 Å². The number of hydrogen-bond acceptors (Lipinski definition) is 4. The third-order valence-corrected chi connectivity index (χ3v) is 3.55. The lowest BCUT2D eigenvalue weighted by Gasteiger charge is -2.34. The fourth-order valence-corrected chi connectivity index (χ4v) is 1.85. The van der Waals surface area contributed by atoms with E-state index in [0.29, 0.717) is 5.75 Å². The van der Waals surface area contributed by atoms with Crippen LogP contribution in [-0.2, 0) is 9.59 Å². The summed E-state index contributed by atoms with van der Waals surface area (Å²) in [5, 5.41) is 11.8. The Morgan fingerprint density at radius 3 is 2.30 bits per heavy atom. The van der Waals surface area contributed by atoms with Crippen molar-refractivity contribution in [2.24, 2.45) is 5.92 Å². The Balaban J connectivity index is 3.00. The quantitative estimate of drug-likeness (QED) is 0.621. The average molecular weight is 296 g/mol. The second-order valence-electron chi connectivity index (χ2n) is 4.73. The zero-order valence-electron chi connectivity index (χ0n) is 11.9. The van der Waals surface area contributed by atoms with Gasteiger partial charge >= 0.3 is 5.97 Å². The van der Waals surface area contributed by atoms with E-state index in [9.17, 15) is 9.59 Å². The summed E-state index contributed by atoms with van der Waals surface area (Å²) < 4.78 is 0. The highest BCUT2D eigenvalue weighted by molar-refractivity contribution is 7.80. The van der Waals surface area contributed by atoms with E-state index in [1.54, 1.807) is 19.0 Å². The molecule has 0 aliphatic rings. The molecule has 1 aromatic carbocycles. The molecule has 0 saturated carbocycles. The summed E-state index contributed by atoms with van der Waals surface area (Å²) in [6.45, 7) is 3.32. The Hall–Kier alpha value is -1.69. The summed E-state index contributed by atoms with van der Waals surface area (Å²) in [4.78, 5) is 23.2. The first kappa shape index (κ1) is 16.4. The van der Waals surface area contributed by atoms with Gasteiger partial charge in [0.25, 0.3) is 0 Å². The van der Waals surface area contributed by atoms with Crippen LogP contribution in [-0.4, -0.2) is 41.3 Å². The van der Waals surface area contributed by atoms with E-state index in [-0.39, 0.29) is 18.4 Å². The number of hydrazine groups is 1. The van der Waals surface area contributed by atoms with E-state index in [0.717, 1.165) is 11.3 Å². The molecule has 0 fully saturated rings. The second kappa shape index (κ2) is 7.19. The topological polar surface area (TPSA) is 60.9 Å². The standard InChI is InChI=1S/C14H20N2O3S/c1-10-4-6-12(7-5-10)15(3)16(8-13(17)18)14(19)11(2)9-20/h4-7,11,20H,8-9H2,1-3H3,(H,17,18). The normalized spacial score (nSPS) is 11.8. The van der Waals surface area contributed by atoms with Crippen LogP contribution in [0.5, 0.6) is 0 Å². The molecule has 110 valence electrons. The lowest BCUT2D eigenvalue weighted by molar-refractivity contribution is -0.146. The van der Waals surface area contributed by atoms with E-state index in [1.807, 2.05) is 31.2 Å². The van der Waals surface area contributed by atoms with Crippen LogP contribution < -0.4 is 5.01 Å². The highest BCUT2D eigenvalue weighted by atomic mass is 32.1. The van der Waals surface area contributed by atoms with Crippen LogP contribution in [0.3, 0.4) is 0 Å². The first-order chi connectivity index (χ1) is 9.36. The van der Waals surface area contributed by atoms with Gasteiger partial charge in [0, 0.05) is 18.7 Å². The first-order valence-electron chi connectivity index (χ1n) is 6.31. The van der Waals surface area contributed by atoms with Crippen LogP contribution in [0, 0.1) is 12.8 Å². The first-order valence-corrected chi connectivity index (χ1v) is 6.94. The Kier molecular flexibility index (Phi) is 5.88. The molecule has 0 heterocycles. The van der Waals surface area contributed by atoms with Crippen LogP contribution >= 0.6 is 12.6 Å². The number of hydrogen-bond donors (Lipinski definition) is 2. The van der Waals surface area contributed by atoms with Crippen molar-refractivity contribution in [2.45, 2.75) is 13.8 Å². The molecule has 0 aliphatic heterocycles. The van der Waals surface area contributed by atoms with Crippen molar-refractivity contribution in [3.8, 4) is 0 Å². The van der Waals surface area contributed by atoms with Crippen LogP contribution in [0.2, 0.25) is 0 Å². The molecule has 1 atom stereocenters. The van der Waals surface area contributed by atoms with E-state index >= 15 is 0 Å². The van der Waals surface area contributed by atoms with E-state index in [2.05, 4.69) is 12.6 Å². The van der Waals surface area contributed by atoms with Crippen molar-refractivity contribution in [1.29, 1.82) is 0 Å². The molecule has 6 heteroatoms. The molecular weight excluding hydrogens is 276 g/mol. The number of carbonyl (C=O) groups is 2. The smallest absolute Gasteiger partial charge is 0.325 e. The molecule has 0 bridgehead atoms. The lowest BCUT2D eigenvalue weighted by atomic mass is 10.2. The summed E-state index contributed by atoms with van der Waals surface area (Å²) in [5.41, 5.74) is 1.86. The minimum Gasteiger partial charge on any atom is -0.480 e. The fourth-order valence-electron chi connectivity index (χ4n) is 1.69. The number of carboxylic acids is 1. The Morgan fingerprint density at radius 2 is 1.85 bits per heavy atom. The largest absolute Gasteiger partial charge is 0.480 e. The van der Waals surface area contributed by atoms with E-state index < -0.39 is 5.97 Å². The minimum absolute atomic E-state index is 0.259. The monoisotopic (exact) mass is 296 g/mol. The maximum atomic E-state index is 12.3. The number of aliphatic carboxylic acids is 1. The zero-order valence-corrected chi connectivity index (χ0v) is 12.8. The molecule has 0 aromatic heterocycles. The van der Waals surface area contributed by atoms with Crippen LogP contribution in [0.4, 0.5) is 5.69 Å². The van der Waals surface area contributed by atoms with Gasteiger partial charge in [-0.05, 0) is 19.1 Å². The number of aryl methyl sites for hydroxylation is 1. The second-order valence-corrected chi connectivity index (χ2v) is 5.10. The van der Waals surface area contributed by atoms with E-state index in [4.69, 9.17) is 5.11 Å². The maximum Gasteiger partial charge on any atom is 0.325 e. The van der Waals surface area contributed by atoms with Gasteiger partial charge in [-0.25, -0.2) is 5.01 Å². The molecule has 1 rings (SSSR count). The molecular formula is C14H20N2O3S. The maximum absolute atomic E-state index is 12.3. The third kappa shape index (κ3) is 4.16. The Morgan fingerprint density at radius 1 is 1.30 bits per heavy atom. The summed E-state index contributed by atoms with van der Waals surface area (Å²) in [5.74, 6) is -1.28. The molecule has 5 nitrogen and oxygen atoms in total. The van der Waals surface area contributed by atoms with Crippen molar-refractivity contribution in [3.63, 3.8) is 0 Å². The van der Waals surface area contributed by atoms with Crippen LogP contribution in [0.15, 0.2) is 24.3 Å². The minimum atomic E-state index is -1.05. The fraction of sp³-hybridized carbons (Fsp3) is 0.429. The summed E-state index contributed by atoms with van der Waals surface area (Å²) in [6, 6.07) is 7.53. The van der Waals surface area contributed by atoms with Gasteiger partial charge in [0.1, 0.15) is 6.54 Å². The van der Waals surface area contributed by atoms with Crippen LogP contribution in [0.1, 0.15) is 12.5 Å². The van der Waals surface area contributed by atoms with E-state index in [1.165, 1.54) is 5.01 Å². The van der Waals surface area contributed by atoms with Crippen molar-refractivity contribution < 1.29 is 14.7 Å². The highest BCUT2D eigenvalue weighted by Crippen LogP contribution is 2.17. The number of anilines is 1. The van der Waals surface area contributed by atoms with Gasteiger partial charge in [0.2, 0.25) is 5.91 Å². The molecule has 1 aromatic rings. The van der Waals surface area contributed by atoms with Gasteiger partial charge in [0.15, 0.2) is 0 Å². The highest BCUT2D eigenvalue weighted by Gasteiger charge is 2.25. The predicted octanol–water partition coefficient (Wildman–Crippen LogP) is 1.83. The average Bonchev–Trinajstić information content (AvgIpc) is 2.43. The SMILES string of the molecule is Cc1ccc(N(C)N(CC(=O)O)C(=O)C(C)CS)cc1. The number of carbonyl (C=O) groups excluding carboxylic acids is 1. The molecule has 1 unspecified atom stereocenters. The molecule has 0 spiro atoms. The molecule has 1 N–H and O–H groups in total. The number of benzene rings is 1. The molecule has 1 amide bonds. The van der Waals surface area contributed by atoms with Gasteiger partial charge in [-0.3, -0.25) is 14.6 Å². The molecule has 0 radical (unpaired) electrons. The van der Waals surface area contributed by atoms with Crippen molar-refractivity contribution >= 4 is 30.2 Å². The number of nitrogens with zero attached hydrogens (tertiary/aromatic N) is 2. The summed E-state index contributed by atoms with van der Waals surface area (Å²) in [6.07, 6.45) is 0. The van der Waals surface area contributed by atoms with Gasteiger partial charge in [0.05, 0.1) is 5.69 Å². The van der Waals surface area contributed by atoms with Crippen molar-refractivity contribution in [1.82, 2.24) is 5.01 Å². The van der Waals surface area contributed by atoms with Crippen molar-refractivity contribution in [3.05, 3.63) is 29.8 Å². The van der Waals surface area contributed by atoms with Gasteiger partial charge < -0.3 is 5.11 Å².